The first-order chi connectivity index (χ1) is 6.22. The van der Waals surface area contributed by atoms with Crippen molar-refractivity contribution in [3.63, 3.8) is 0 Å². The van der Waals surface area contributed by atoms with Gasteiger partial charge < -0.3 is 10.6 Å². The normalized spacial score (nSPS) is 9.69. The van der Waals surface area contributed by atoms with Gasteiger partial charge in [0.05, 0.1) is 11.9 Å². The first-order valence-electron chi connectivity index (χ1n) is 4.26. The summed E-state index contributed by atoms with van der Waals surface area (Å²) in [6.45, 7) is 2.99. The van der Waals surface area contributed by atoms with Crippen LogP contribution in [0, 0.1) is 0 Å². The SMILES string of the molecule is CCCNC(=S)Nc1cnn(C)c1. The third-order valence-corrected chi connectivity index (χ3v) is 1.74. The number of rotatable bonds is 3. The van der Waals surface area contributed by atoms with Crippen molar-refractivity contribution in [2.45, 2.75) is 13.3 Å². The molecule has 0 aliphatic rings. The monoisotopic (exact) mass is 198 g/mol. The molecule has 0 bridgehead atoms. The Morgan fingerprint density at radius 3 is 3.00 bits per heavy atom. The van der Waals surface area contributed by atoms with Crippen LogP contribution in [0.15, 0.2) is 12.4 Å². The largest absolute Gasteiger partial charge is 0.362 e. The Hall–Kier alpha value is -1.10. The minimum Gasteiger partial charge on any atom is -0.362 e. The Morgan fingerprint density at radius 1 is 1.69 bits per heavy atom. The van der Waals surface area contributed by atoms with Crippen molar-refractivity contribution in [1.29, 1.82) is 0 Å². The maximum Gasteiger partial charge on any atom is 0.170 e. The number of nitrogens with one attached hydrogen (secondary N) is 2. The fourth-order valence-electron chi connectivity index (χ4n) is 0.900. The quantitative estimate of drug-likeness (QED) is 0.714. The van der Waals surface area contributed by atoms with Crippen LogP contribution in [0.4, 0.5) is 5.69 Å². The molecule has 1 rings (SSSR count). The first kappa shape index (κ1) is 9.98. The van der Waals surface area contributed by atoms with Gasteiger partial charge in [0, 0.05) is 19.8 Å². The number of aryl methyl sites for hydroxylation is 1. The average molecular weight is 198 g/mol. The molecule has 2 N–H and O–H groups in total. The lowest BCUT2D eigenvalue weighted by atomic mass is 10.5. The van der Waals surface area contributed by atoms with Crippen molar-refractivity contribution in [3.8, 4) is 0 Å². The van der Waals surface area contributed by atoms with Crippen LogP contribution in [0.1, 0.15) is 13.3 Å². The molecule has 1 aromatic rings. The Morgan fingerprint density at radius 2 is 2.46 bits per heavy atom. The van der Waals surface area contributed by atoms with E-state index in [1.54, 1.807) is 10.9 Å². The van der Waals surface area contributed by atoms with Crippen molar-refractivity contribution < 1.29 is 0 Å². The minimum atomic E-state index is 0.648. The highest BCUT2D eigenvalue weighted by Crippen LogP contribution is 2.02. The molecule has 0 amide bonds. The fourth-order valence-corrected chi connectivity index (χ4v) is 1.12. The average Bonchev–Trinajstić information content (AvgIpc) is 2.48. The Balaban J connectivity index is 2.36. The van der Waals surface area contributed by atoms with Gasteiger partial charge in [-0.15, -0.1) is 0 Å². The summed E-state index contributed by atoms with van der Waals surface area (Å²) >= 11 is 5.05. The molecule has 0 aromatic carbocycles. The van der Waals surface area contributed by atoms with Crippen molar-refractivity contribution in [3.05, 3.63) is 12.4 Å². The summed E-state index contributed by atoms with van der Waals surface area (Å²) in [7, 11) is 1.87. The summed E-state index contributed by atoms with van der Waals surface area (Å²) in [6.07, 6.45) is 4.68. The Kier molecular flexibility index (Phi) is 3.70. The van der Waals surface area contributed by atoms with E-state index < -0.39 is 0 Å². The summed E-state index contributed by atoms with van der Waals surface area (Å²) in [5.41, 5.74) is 0.913. The zero-order chi connectivity index (χ0) is 9.68. The molecule has 5 heteroatoms. The Labute approximate surface area is 83.3 Å². The predicted molar refractivity (Wildman–Crippen MR) is 57.7 cm³/mol. The van der Waals surface area contributed by atoms with E-state index in [1.165, 1.54) is 0 Å². The van der Waals surface area contributed by atoms with E-state index >= 15 is 0 Å². The topological polar surface area (TPSA) is 41.9 Å². The minimum absolute atomic E-state index is 0.648. The number of aromatic nitrogens is 2. The summed E-state index contributed by atoms with van der Waals surface area (Å²) in [5, 5.41) is 10.8. The van der Waals surface area contributed by atoms with Gasteiger partial charge in [-0.3, -0.25) is 4.68 Å². The molecule has 0 aliphatic heterocycles. The lowest BCUT2D eigenvalue weighted by molar-refractivity contribution is 0.768. The maximum atomic E-state index is 5.05. The van der Waals surface area contributed by atoms with Crippen LogP contribution in [0.3, 0.4) is 0 Å². The van der Waals surface area contributed by atoms with Gasteiger partial charge in [-0.05, 0) is 18.6 Å². The number of nitrogens with zero attached hydrogens (tertiary/aromatic N) is 2. The number of hydrogen-bond donors (Lipinski definition) is 2. The zero-order valence-electron chi connectivity index (χ0n) is 7.87. The van der Waals surface area contributed by atoms with Crippen LogP contribution in [-0.2, 0) is 7.05 Å². The molecule has 0 radical (unpaired) electrons. The predicted octanol–water partition coefficient (Wildman–Crippen LogP) is 1.12. The summed E-state index contributed by atoms with van der Waals surface area (Å²) in [6, 6.07) is 0. The molecule has 0 saturated heterocycles. The van der Waals surface area contributed by atoms with Gasteiger partial charge in [-0.2, -0.15) is 5.10 Å². The van der Waals surface area contributed by atoms with E-state index in [9.17, 15) is 0 Å². The second-order valence-electron chi connectivity index (χ2n) is 2.78. The van der Waals surface area contributed by atoms with Crippen molar-refractivity contribution in [2.24, 2.45) is 7.05 Å². The van der Waals surface area contributed by atoms with E-state index in [4.69, 9.17) is 12.2 Å². The van der Waals surface area contributed by atoms with Crippen molar-refractivity contribution >= 4 is 23.0 Å². The molecule has 0 fully saturated rings. The van der Waals surface area contributed by atoms with Crippen LogP contribution < -0.4 is 10.6 Å². The van der Waals surface area contributed by atoms with Gasteiger partial charge in [0.2, 0.25) is 0 Å². The maximum absolute atomic E-state index is 5.05. The van der Waals surface area contributed by atoms with Gasteiger partial charge in [0.15, 0.2) is 5.11 Å². The molecule has 0 saturated carbocycles. The van der Waals surface area contributed by atoms with Gasteiger partial charge in [-0.25, -0.2) is 0 Å². The smallest absolute Gasteiger partial charge is 0.170 e. The number of anilines is 1. The van der Waals surface area contributed by atoms with E-state index in [-0.39, 0.29) is 0 Å². The molecule has 0 atom stereocenters. The third-order valence-electron chi connectivity index (χ3n) is 1.50. The molecule has 4 nitrogen and oxygen atoms in total. The molecule has 0 aliphatic carbocycles. The van der Waals surface area contributed by atoms with Crippen LogP contribution >= 0.6 is 12.2 Å². The lowest BCUT2D eigenvalue weighted by Gasteiger charge is -2.06. The van der Waals surface area contributed by atoms with Crippen LogP contribution in [0.5, 0.6) is 0 Å². The summed E-state index contributed by atoms with van der Waals surface area (Å²) < 4.78 is 1.73. The molecule has 0 spiro atoms. The van der Waals surface area contributed by atoms with Crippen molar-refractivity contribution in [2.75, 3.05) is 11.9 Å². The molecule has 1 heterocycles. The summed E-state index contributed by atoms with van der Waals surface area (Å²) in [5.74, 6) is 0. The fraction of sp³-hybridized carbons (Fsp3) is 0.500. The standard InChI is InChI=1S/C8H14N4S/c1-3-4-9-8(13)11-7-5-10-12(2)6-7/h5-6H,3-4H2,1-2H3,(H2,9,11,13). The van der Waals surface area contributed by atoms with Crippen LogP contribution in [0.2, 0.25) is 0 Å². The molecule has 72 valence electrons. The lowest BCUT2D eigenvalue weighted by Crippen LogP contribution is -2.28. The van der Waals surface area contributed by atoms with E-state index in [2.05, 4.69) is 22.7 Å². The van der Waals surface area contributed by atoms with Crippen LogP contribution in [-0.4, -0.2) is 21.4 Å². The van der Waals surface area contributed by atoms with Gasteiger partial charge in [0.1, 0.15) is 0 Å². The highest BCUT2D eigenvalue weighted by molar-refractivity contribution is 7.80. The van der Waals surface area contributed by atoms with Gasteiger partial charge >= 0.3 is 0 Å². The van der Waals surface area contributed by atoms with Crippen molar-refractivity contribution in [1.82, 2.24) is 15.1 Å². The van der Waals surface area contributed by atoms with E-state index in [0.29, 0.717) is 5.11 Å². The summed E-state index contributed by atoms with van der Waals surface area (Å²) in [4.78, 5) is 0. The Bertz CT molecular complexity index is 281. The van der Waals surface area contributed by atoms with E-state index in [1.807, 2.05) is 13.2 Å². The second-order valence-corrected chi connectivity index (χ2v) is 3.19. The highest BCUT2D eigenvalue weighted by Gasteiger charge is 1.97. The van der Waals surface area contributed by atoms with Gasteiger partial charge in [0.25, 0.3) is 0 Å². The van der Waals surface area contributed by atoms with E-state index in [0.717, 1.165) is 18.7 Å². The first-order valence-corrected chi connectivity index (χ1v) is 4.66. The molecule has 0 unspecified atom stereocenters. The molecule has 1 aromatic heterocycles. The number of thiocarbonyl (C=S) groups is 1. The van der Waals surface area contributed by atoms with Gasteiger partial charge in [-0.1, -0.05) is 6.92 Å². The zero-order valence-corrected chi connectivity index (χ0v) is 8.69. The highest BCUT2D eigenvalue weighted by atomic mass is 32.1. The second kappa shape index (κ2) is 4.81. The number of hydrogen-bond acceptors (Lipinski definition) is 2. The van der Waals surface area contributed by atoms with Crippen LogP contribution in [0.25, 0.3) is 0 Å². The third kappa shape index (κ3) is 3.42. The molecule has 13 heavy (non-hydrogen) atoms. The molecular weight excluding hydrogens is 184 g/mol. The molecular formula is C8H14N4S.